The number of halogens is 1. The average Bonchev–Trinajstić information content (AvgIpc) is 3.28. The highest BCUT2D eigenvalue weighted by Crippen LogP contribution is 2.52. The van der Waals surface area contributed by atoms with Gasteiger partial charge in [-0.3, -0.25) is 9.98 Å². The highest BCUT2D eigenvalue weighted by Gasteiger charge is 2.48. The summed E-state index contributed by atoms with van der Waals surface area (Å²) in [4.78, 5) is 17.4. The molecule has 0 spiro atoms. The minimum atomic E-state index is -0.414. The topological polar surface area (TPSA) is 63.1 Å². The van der Waals surface area contributed by atoms with Gasteiger partial charge in [-0.15, -0.1) is 0 Å². The number of aromatic nitrogens is 3. The van der Waals surface area contributed by atoms with Gasteiger partial charge in [-0.1, -0.05) is 0 Å². The third-order valence-electron chi connectivity index (χ3n) is 5.32. The summed E-state index contributed by atoms with van der Waals surface area (Å²) in [5.41, 5.74) is 3.40. The summed E-state index contributed by atoms with van der Waals surface area (Å²) in [6.45, 7) is 3.91. The number of rotatable bonds is 4. The van der Waals surface area contributed by atoms with Crippen molar-refractivity contribution in [1.82, 2.24) is 15.0 Å². The zero-order chi connectivity index (χ0) is 17.6. The lowest BCUT2D eigenvalue weighted by atomic mass is 10.1. The second-order valence-corrected chi connectivity index (χ2v) is 7.10. The van der Waals surface area contributed by atoms with Crippen LogP contribution in [0.4, 0.5) is 10.2 Å². The molecule has 2 aromatic rings. The Balaban J connectivity index is 1.67. The lowest BCUT2D eigenvalue weighted by Crippen LogP contribution is -2.22. The quantitative estimate of drug-likeness (QED) is 0.868. The van der Waals surface area contributed by atoms with E-state index in [0.29, 0.717) is 23.5 Å². The number of hydrogen-bond acceptors (Lipinski definition) is 5. The maximum absolute atomic E-state index is 14.2. The Morgan fingerprint density at radius 1 is 1.24 bits per heavy atom. The molecule has 0 amide bonds. The van der Waals surface area contributed by atoms with Crippen molar-refractivity contribution in [3.8, 4) is 0 Å². The first-order chi connectivity index (χ1) is 12.1. The summed E-state index contributed by atoms with van der Waals surface area (Å²) in [6, 6.07) is 2.34. The molecule has 6 heteroatoms. The maximum atomic E-state index is 14.2. The van der Waals surface area contributed by atoms with Crippen molar-refractivity contribution in [3.63, 3.8) is 0 Å². The fraction of sp³-hybridized carbons (Fsp3) is 0.474. The molecule has 2 aliphatic rings. The normalized spacial score (nSPS) is 25.0. The van der Waals surface area contributed by atoms with Crippen molar-refractivity contribution in [1.29, 1.82) is 0 Å². The van der Waals surface area contributed by atoms with Gasteiger partial charge in [0.05, 0.1) is 6.20 Å². The first kappa shape index (κ1) is 16.1. The predicted molar refractivity (Wildman–Crippen MR) is 95.5 cm³/mol. The molecule has 3 atom stereocenters. The van der Waals surface area contributed by atoms with Crippen LogP contribution in [0, 0.1) is 31.5 Å². The van der Waals surface area contributed by atoms with E-state index >= 15 is 0 Å². The summed E-state index contributed by atoms with van der Waals surface area (Å²) in [5, 5.41) is 3.30. The van der Waals surface area contributed by atoms with Gasteiger partial charge >= 0.3 is 0 Å². The molecule has 0 aliphatic heterocycles. The molecule has 2 saturated carbocycles. The van der Waals surface area contributed by atoms with E-state index in [4.69, 9.17) is 0 Å². The molecule has 2 aromatic heterocycles. The number of aryl methyl sites for hydroxylation is 2. The average molecular weight is 339 g/mol. The van der Waals surface area contributed by atoms with Crippen LogP contribution in [0.25, 0.3) is 0 Å². The van der Waals surface area contributed by atoms with Crippen LogP contribution in [0.5, 0.6) is 0 Å². The lowest BCUT2D eigenvalue weighted by Gasteiger charge is -2.16. The van der Waals surface area contributed by atoms with E-state index in [1.165, 1.54) is 19.0 Å². The fourth-order valence-corrected chi connectivity index (χ4v) is 3.86. The molecule has 1 N–H and O–H groups in total. The van der Waals surface area contributed by atoms with Crippen LogP contribution in [-0.4, -0.2) is 33.8 Å². The molecule has 2 heterocycles. The molecule has 0 aromatic carbocycles. The van der Waals surface area contributed by atoms with Crippen LogP contribution in [-0.2, 0) is 0 Å². The second-order valence-electron chi connectivity index (χ2n) is 7.10. The van der Waals surface area contributed by atoms with Gasteiger partial charge in [0.25, 0.3) is 0 Å². The molecule has 0 saturated heterocycles. The predicted octanol–water partition coefficient (Wildman–Crippen LogP) is 3.31. The van der Waals surface area contributed by atoms with Gasteiger partial charge in [-0.2, -0.15) is 0 Å². The monoisotopic (exact) mass is 339 g/mol. The number of aliphatic imine (C=N–C) groups is 1. The summed E-state index contributed by atoms with van der Waals surface area (Å²) >= 11 is 0. The number of pyridine rings is 1. The molecule has 4 rings (SSSR count). The van der Waals surface area contributed by atoms with Crippen LogP contribution in [0.3, 0.4) is 0 Å². The van der Waals surface area contributed by atoms with Crippen molar-refractivity contribution in [2.24, 2.45) is 16.8 Å². The zero-order valence-electron chi connectivity index (χ0n) is 14.8. The Morgan fingerprint density at radius 2 is 2.08 bits per heavy atom. The van der Waals surface area contributed by atoms with Crippen molar-refractivity contribution in [2.45, 2.75) is 39.2 Å². The molecule has 5 nitrogen and oxygen atoms in total. The van der Waals surface area contributed by atoms with Crippen LogP contribution < -0.4 is 5.32 Å². The number of hydrogen-bond donors (Lipinski definition) is 1. The molecule has 0 bridgehead atoms. The summed E-state index contributed by atoms with van der Waals surface area (Å²) in [5.74, 6) is 1.80. The first-order valence-electron chi connectivity index (χ1n) is 8.76. The van der Waals surface area contributed by atoms with Gasteiger partial charge < -0.3 is 5.32 Å². The molecule has 2 aliphatic carbocycles. The Labute approximate surface area is 146 Å². The molecule has 25 heavy (non-hydrogen) atoms. The minimum absolute atomic E-state index is 0.280. The van der Waals surface area contributed by atoms with E-state index in [-0.39, 0.29) is 5.82 Å². The maximum Gasteiger partial charge on any atom is 0.183 e. The molecule has 3 unspecified atom stereocenters. The largest absolute Gasteiger partial charge is 0.364 e. The van der Waals surface area contributed by atoms with Gasteiger partial charge in [0.1, 0.15) is 5.71 Å². The van der Waals surface area contributed by atoms with Gasteiger partial charge in [0.2, 0.25) is 0 Å². The van der Waals surface area contributed by atoms with E-state index in [9.17, 15) is 4.39 Å². The zero-order valence-corrected chi connectivity index (χ0v) is 14.8. The second kappa shape index (κ2) is 6.17. The minimum Gasteiger partial charge on any atom is -0.364 e. The molecule has 2 fully saturated rings. The van der Waals surface area contributed by atoms with Crippen LogP contribution >= 0.6 is 0 Å². The fourth-order valence-electron chi connectivity index (χ4n) is 3.86. The Hall–Kier alpha value is -2.37. The lowest BCUT2D eigenvalue weighted by molar-refractivity contribution is 0.598. The molecule has 130 valence electrons. The Kier molecular flexibility index (Phi) is 3.98. The van der Waals surface area contributed by atoms with Gasteiger partial charge in [0.15, 0.2) is 17.5 Å². The van der Waals surface area contributed by atoms with Gasteiger partial charge in [-0.25, -0.2) is 14.4 Å². The van der Waals surface area contributed by atoms with E-state index in [1.807, 2.05) is 26.1 Å². The van der Waals surface area contributed by atoms with Crippen LogP contribution in [0.1, 0.15) is 41.9 Å². The van der Waals surface area contributed by atoms with Crippen molar-refractivity contribution in [2.75, 3.05) is 12.4 Å². The SMILES string of the molecule is CN=C(c1ncc(F)c(NC2CCC3CC32)n1)c1cc(C)cnc1C. The summed E-state index contributed by atoms with van der Waals surface area (Å²) in [6.07, 6.45) is 6.62. The van der Waals surface area contributed by atoms with Gasteiger partial charge in [0, 0.05) is 30.5 Å². The van der Waals surface area contributed by atoms with Crippen molar-refractivity contribution >= 4 is 11.5 Å². The number of anilines is 1. The third kappa shape index (κ3) is 3.01. The van der Waals surface area contributed by atoms with E-state index < -0.39 is 5.82 Å². The number of nitrogens with one attached hydrogen (secondary N) is 1. The van der Waals surface area contributed by atoms with Crippen LogP contribution in [0.2, 0.25) is 0 Å². The van der Waals surface area contributed by atoms with E-state index in [2.05, 4.69) is 25.3 Å². The third-order valence-corrected chi connectivity index (χ3v) is 5.32. The molecular formula is C19H22FN5. The summed E-state index contributed by atoms with van der Waals surface area (Å²) < 4.78 is 14.2. The van der Waals surface area contributed by atoms with Gasteiger partial charge in [-0.05, 0) is 56.6 Å². The molecule has 0 radical (unpaired) electrons. The number of fused-ring (bicyclic) bond motifs is 1. The Bertz CT molecular complexity index is 848. The Morgan fingerprint density at radius 3 is 2.76 bits per heavy atom. The van der Waals surface area contributed by atoms with Crippen LogP contribution in [0.15, 0.2) is 23.5 Å². The molecular weight excluding hydrogens is 317 g/mol. The van der Waals surface area contributed by atoms with E-state index in [1.54, 1.807) is 7.05 Å². The van der Waals surface area contributed by atoms with E-state index in [0.717, 1.165) is 29.2 Å². The summed E-state index contributed by atoms with van der Waals surface area (Å²) in [7, 11) is 1.70. The smallest absolute Gasteiger partial charge is 0.183 e. The first-order valence-corrected chi connectivity index (χ1v) is 8.76. The number of nitrogens with zero attached hydrogens (tertiary/aromatic N) is 4. The standard InChI is InChI=1S/C19H22FN5/c1-10-6-13(11(2)22-8-10)17(21-3)19-23-9-15(20)18(25-19)24-16-5-4-12-7-14(12)16/h6,8-9,12,14,16H,4-5,7H2,1-3H3,(H,23,24,25). The van der Waals surface area contributed by atoms with Crippen molar-refractivity contribution < 1.29 is 4.39 Å². The van der Waals surface area contributed by atoms with Crippen molar-refractivity contribution in [3.05, 3.63) is 46.9 Å². The highest BCUT2D eigenvalue weighted by atomic mass is 19.1. The highest BCUT2D eigenvalue weighted by molar-refractivity contribution is 6.11.